The Labute approximate surface area is 120 Å². The molecule has 1 aromatic carbocycles. The molecular weight excluding hydrogens is 276 g/mol. The number of carbonyl (C=O) groups is 1. The largest absolute Gasteiger partial charge is 0.360 e. The van der Waals surface area contributed by atoms with E-state index in [0.717, 1.165) is 0 Å². The smallest absolute Gasteiger partial charge is 0.292 e. The number of hydrogen-bond donors (Lipinski definition) is 1. The third-order valence-corrected chi connectivity index (χ3v) is 2.77. The second kappa shape index (κ2) is 6.04. The van der Waals surface area contributed by atoms with Crippen molar-refractivity contribution in [3.05, 3.63) is 46.2 Å². The molecule has 1 amide bonds. The van der Waals surface area contributed by atoms with Crippen molar-refractivity contribution in [1.82, 2.24) is 5.16 Å². The van der Waals surface area contributed by atoms with Crippen LogP contribution >= 0.6 is 0 Å². The van der Waals surface area contributed by atoms with Crippen LogP contribution in [0.2, 0.25) is 0 Å². The van der Waals surface area contributed by atoms with E-state index in [9.17, 15) is 14.9 Å². The number of amides is 1. The summed E-state index contributed by atoms with van der Waals surface area (Å²) in [5.74, 6) is 0.551. The van der Waals surface area contributed by atoms with Crippen molar-refractivity contribution in [1.29, 1.82) is 0 Å². The Hall–Kier alpha value is -2.90. The number of rotatable bonds is 5. The van der Waals surface area contributed by atoms with Gasteiger partial charge in [-0.1, -0.05) is 17.3 Å². The van der Waals surface area contributed by atoms with Crippen molar-refractivity contribution in [3.8, 4) is 0 Å². The molecule has 0 aliphatic rings. The number of benzene rings is 1. The van der Waals surface area contributed by atoms with E-state index in [1.165, 1.54) is 11.0 Å². The predicted molar refractivity (Wildman–Crippen MR) is 76.2 cm³/mol. The Bertz CT molecular complexity index is 668. The lowest BCUT2D eigenvalue weighted by molar-refractivity contribution is -0.384. The highest BCUT2D eigenvalue weighted by Crippen LogP contribution is 2.26. The first-order chi connectivity index (χ1) is 9.97. The van der Waals surface area contributed by atoms with E-state index in [1.54, 1.807) is 38.2 Å². The van der Waals surface area contributed by atoms with Gasteiger partial charge in [0.2, 0.25) is 5.91 Å². The molecule has 0 saturated carbocycles. The van der Waals surface area contributed by atoms with Crippen LogP contribution in [0.25, 0.3) is 0 Å². The SMILES string of the molecule is Cc1cc(NC(=O)CN(C)c2ccccc2[N+](=O)[O-])no1. The number of nitro groups is 1. The van der Waals surface area contributed by atoms with Gasteiger partial charge in [-0.05, 0) is 13.0 Å². The zero-order valence-corrected chi connectivity index (χ0v) is 11.6. The Morgan fingerprint density at radius 1 is 1.48 bits per heavy atom. The zero-order chi connectivity index (χ0) is 15.4. The minimum Gasteiger partial charge on any atom is -0.360 e. The lowest BCUT2D eigenvalue weighted by Crippen LogP contribution is -2.30. The molecule has 0 saturated heterocycles. The summed E-state index contributed by atoms with van der Waals surface area (Å²) in [5.41, 5.74) is 0.319. The topological polar surface area (TPSA) is 102 Å². The minimum atomic E-state index is -0.481. The molecule has 1 heterocycles. The molecule has 110 valence electrons. The summed E-state index contributed by atoms with van der Waals surface area (Å²) in [6, 6.07) is 7.82. The first-order valence-electron chi connectivity index (χ1n) is 6.15. The average molecular weight is 290 g/mol. The minimum absolute atomic E-state index is 0.0449. The standard InChI is InChI=1S/C13H14N4O4/c1-9-7-12(15-21-9)14-13(18)8-16(2)10-5-3-4-6-11(10)17(19)20/h3-7H,8H2,1-2H3,(H,14,15,18). The van der Waals surface area contributed by atoms with Gasteiger partial charge in [-0.3, -0.25) is 14.9 Å². The van der Waals surface area contributed by atoms with E-state index < -0.39 is 4.92 Å². The second-order valence-corrected chi connectivity index (χ2v) is 4.47. The molecule has 0 unspecified atom stereocenters. The summed E-state index contributed by atoms with van der Waals surface area (Å²) in [6.07, 6.45) is 0. The van der Waals surface area contributed by atoms with Crippen LogP contribution in [0, 0.1) is 17.0 Å². The molecule has 2 rings (SSSR count). The number of likely N-dealkylation sites (N-methyl/N-ethyl adjacent to an activating group) is 1. The third kappa shape index (κ3) is 3.56. The maximum absolute atomic E-state index is 11.9. The maximum Gasteiger partial charge on any atom is 0.292 e. The van der Waals surface area contributed by atoms with Gasteiger partial charge in [0.05, 0.1) is 11.5 Å². The molecule has 8 heteroatoms. The Morgan fingerprint density at radius 2 is 2.19 bits per heavy atom. The fraction of sp³-hybridized carbons (Fsp3) is 0.231. The summed E-state index contributed by atoms with van der Waals surface area (Å²) < 4.78 is 4.84. The van der Waals surface area contributed by atoms with Gasteiger partial charge >= 0.3 is 0 Å². The Balaban J connectivity index is 2.06. The molecule has 0 atom stereocenters. The number of aromatic nitrogens is 1. The van der Waals surface area contributed by atoms with Crippen molar-refractivity contribution < 1.29 is 14.2 Å². The highest BCUT2D eigenvalue weighted by molar-refractivity contribution is 5.93. The average Bonchev–Trinajstić information content (AvgIpc) is 2.83. The molecule has 0 fully saturated rings. The van der Waals surface area contributed by atoms with Gasteiger partial charge in [-0.2, -0.15) is 0 Å². The quantitative estimate of drug-likeness (QED) is 0.667. The fourth-order valence-corrected chi connectivity index (χ4v) is 1.85. The summed E-state index contributed by atoms with van der Waals surface area (Å²) in [5, 5.41) is 17.2. The number of para-hydroxylation sites is 2. The molecule has 0 aliphatic carbocycles. The molecule has 21 heavy (non-hydrogen) atoms. The molecule has 0 radical (unpaired) electrons. The van der Waals surface area contributed by atoms with Gasteiger partial charge in [-0.15, -0.1) is 0 Å². The van der Waals surface area contributed by atoms with Crippen molar-refractivity contribution >= 4 is 23.1 Å². The Morgan fingerprint density at radius 3 is 2.81 bits per heavy atom. The summed E-state index contributed by atoms with van der Waals surface area (Å²) >= 11 is 0. The zero-order valence-electron chi connectivity index (χ0n) is 11.6. The van der Waals surface area contributed by atoms with Gasteiger partial charge < -0.3 is 14.7 Å². The van der Waals surface area contributed by atoms with Crippen LogP contribution < -0.4 is 10.2 Å². The highest BCUT2D eigenvalue weighted by atomic mass is 16.6. The number of aryl methyl sites for hydroxylation is 1. The van der Waals surface area contributed by atoms with Crippen molar-refractivity contribution in [2.45, 2.75) is 6.92 Å². The molecule has 1 aromatic heterocycles. The number of nitro benzene ring substituents is 1. The van der Waals surface area contributed by atoms with Crippen molar-refractivity contribution in [2.24, 2.45) is 0 Å². The van der Waals surface area contributed by atoms with Crippen molar-refractivity contribution in [3.63, 3.8) is 0 Å². The molecule has 2 aromatic rings. The van der Waals surface area contributed by atoms with Crippen LogP contribution in [0.5, 0.6) is 0 Å². The van der Waals surface area contributed by atoms with E-state index in [2.05, 4.69) is 10.5 Å². The van der Waals surface area contributed by atoms with Gasteiger partial charge in [0.1, 0.15) is 11.4 Å². The summed E-state index contributed by atoms with van der Waals surface area (Å²) in [6.45, 7) is 1.67. The molecule has 0 spiro atoms. The summed E-state index contributed by atoms with van der Waals surface area (Å²) in [4.78, 5) is 23.9. The number of hydrogen-bond acceptors (Lipinski definition) is 6. The molecule has 0 bridgehead atoms. The van der Waals surface area contributed by atoms with E-state index in [4.69, 9.17) is 4.52 Å². The monoisotopic (exact) mass is 290 g/mol. The fourth-order valence-electron chi connectivity index (χ4n) is 1.85. The predicted octanol–water partition coefficient (Wildman–Crippen LogP) is 1.97. The van der Waals surface area contributed by atoms with Crippen LogP contribution in [0.4, 0.5) is 17.2 Å². The third-order valence-electron chi connectivity index (χ3n) is 2.77. The number of nitrogens with one attached hydrogen (secondary N) is 1. The van der Waals surface area contributed by atoms with Crippen LogP contribution in [-0.4, -0.2) is 29.6 Å². The van der Waals surface area contributed by atoms with Gasteiger partial charge in [0, 0.05) is 19.2 Å². The second-order valence-electron chi connectivity index (χ2n) is 4.47. The van der Waals surface area contributed by atoms with E-state index in [0.29, 0.717) is 17.3 Å². The van der Waals surface area contributed by atoms with Crippen LogP contribution in [-0.2, 0) is 4.79 Å². The van der Waals surface area contributed by atoms with Crippen LogP contribution in [0.15, 0.2) is 34.9 Å². The van der Waals surface area contributed by atoms with E-state index in [-0.39, 0.29) is 18.1 Å². The number of carbonyl (C=O) groups excluding carboxylic acids is 1. The van der Waals surface area contributed by atoms with Gasteiger partial charge in [0.15, 0.2) is 5.82 Å². The number of anilines is 2. The normalized spacial score (nSPS) is 10.2. The molecule has 1 N–H and O–H groups in total. The lowest BCUT2D eigenvalue weighted by atomic mass is 10.2. The highest BCUT2D eigenvalue weighted by Gasteiger charge is 2.18. The van der Waals surface area contributed by atoms with Gasteiger partial charge in [-0.25, -0.2) is 0 Å². The Kier molecular flexibility index (Phi) is 4.17. The first-order valence-corrected chi connectivity index (χ1v) is 6.15. The molecule has 0 aliphatic heterocycles. The number of nitrogens with zero attached hydrogens (tertiary/aromatic N) is 3. The maximum atomic E-state index is 11.9. The summed E-state index contributed by atoms with van der Waals surface area (Å²) in [7, 11) is 1.61. The first kappa shape index (κ1) is 14.5. The van der Waals surface area contributed by atoms with Crippen LogP contribution in [0.1, 0.15) is 5.76 Å². The molecule has 8 nitrogen and oxygen atoms in total. The lowest BCUT2D eigenvalue weighted by Gasteiger charge is -2.17. The molecular formula is C13H14N4O4. The van der Waals surface area contributed by atoms with E-state index >= 15 is 0 Å². The van der Waals surface area contributed by atoms with Gasteiger partial charge in [0.25, 0.3) is 5.69 Å². The van der Waals surface area contributed by atoms with Crippen LogP contribution in [0.3, 0.4) is 0 Å². The van der Waals surface area contributed by atoms with E-state index in [1.807, 2.05) is 0 Å². The van der Waals surface area contributed by atoms with Crippen molar-refractivity contribution in [2.75, 3.05) is 23.8 Å².